The molecular weight excluding hydrogens is 401 g/mol. The average Bonchev–Trinajstić information content (AvgIpc) is 2.38. The normalized spacial score (nSPS) is 17.6. The summed E-state index contributed by atoms with van der Waals surface area (Å²) in [7, 11) is 0. The first kappa shape index (κ1) is 16.1. The van der Waals surface area contributed by atoms with E-state index in [0.29, 0.717) is 26.2 Å². The van der Waals surface area contributed by atoms with Crippen molar-refractivity contribution in [2.24, 2.45) is 0 Å². The number of rotatable bonds is 3. The van der Waals surface area contributed by atoms with E-state index in [1.54, 1.807) is 0 Å². The zero-order chi connectivity index (χ0) is 14.8. The van der Waals surface area contributed by atoms with Crippen molar-refractivity contribution in [2.75, 3.05) is 37.6 Å². The summed E-state index contributed by atoms with van der Waals surface area (Å²) in [6, 6.07) is 6.07. The standard InChI is InChI=1S/C13H15Br2F3N2/c14-8-10-1-2-12(11(15)7-10)20-5-3-19(4-6-20)9-13(16,17)18/h1-2,7H,3-6,8-9H2. The first-order valence-electron chi connectivity index (χ1n) is 6.27. The van der Waals surface area contributed by atoms with Crippen molar-refractivity contribution in [1.82, 2.24) is 4.90 Å². The predicted octanol–water partition coefficient (Wildman–Crippen LogP) is 4.03. The predicted molar refractivity (Wildman–Crippen MR) is 81.5 cm³/mol. The van der Waals surface area contributed by atoms with Gasteiger partial charge in [0.25, 0.3) is 0 Å². The summed E-state index contributed by atoms with van der Waals surface area (Å²) < 4.78 is 38.0. The smallest absolute Gasteiger partial charge is 0.368 e. The Balaban J connectivity index is 1.97. The monoisotopic (exact) mass is 414 g/mol. The van der Waals surface area contributed by atoms with Crippen LogP contribution < -0.4 is 4.90 Å². The summed E-state index contributed by atoms with van der Waals surface area (Å²) in [6.45, 7) is 1.29. The summed E-state index contributed by atoms with van der Waals surface area (Å²) in [5, 5.41) is 0.783. The molecule has 0 saturated carbocycles. The van der Waals surface area contributed by atoms with Gasteiger partial charge in [-0.15, -0.1) is 0 Å². The molecule has 0 aliphatic carbocycles. The summed E-state index contributed by atoms with van der Waals surface area (Å²) in [5.41, 5.74) is 2.21. The largest absolute Gasteiger partial charge is 0.401 e. The summed E-state index contributed by atoms with van der Waals surface area (Å²) >= 11 is 6.93. The Kier molecular flexibility index (Phi) is 5.36. The van der Waals surface area contributed by atoms with Crippen molar-refractivity contribution in [3.8, 4) is 0 Å². The van der Waals surface area contributed by atoms with Gasteiger partial charge >= 0.3 is 6.18 Å². The molecule has 0 N–H and O–H groups in total. The van der Waals surface area contributed by atoms with Crippen molar-refractivity contribution >= 4 is 37.5 Å². The number of piperazine rings is 1. The molecule has 1 aromatic rings. The Morgan fingerprint density at radius 2 is 1.75 bits per heavy atom. The number of halogens is 5. The molecule has 2 nitrogen and oxygen atoms in total. The van der Waals surface area contributed by atoms with Gasteiger partial charge in [0.05, 0.1) is 12.2 Å². The Morgan fingerprint density at radius 1 is 1.10 bits per heavy atom. The van der Waals surface area contributed by atoms with Crippen LogP contribution in [0.2, 0.25) is 0 Å². The third kappa shape index (κ3) is 4.36. The van der Waals surface area contributed by atoms with Crippen LogP contribution in [-0.4, -0.2) is 43.8 Å². The summed E-state index contributed by atoms with van der Waals surface area (Å²) in [5.74, 6) is 0. The van der Waals surface area contributed by atoms with Gasteiger partial charge in [-0.25, -0.2) is 0 Å². The van der Waals surface area contributed by atoms with Gasteiger partial charge in [0.2, 0.25) is 0 Å². The SMILES string of the molecule is FC(F)(F)CN1CCN(c2ccc(CBr)cc2Br)CC1. The van der Waals surface area contributed by atoms with Gasteiger partial charge in [-0.2, -0.15) is 13.2 Å². The lowest BCUT2D eigenvalue weighted by atomic mass is 10.2. The lowest BCUT2D eigenvalue weighted by molar-refractivity contribution is -0.146. The second-order valence-corrected chi connectivity index (χ2v) is 6.21. The van der Waals surface area contributed by atoms with Crippen molar-refractivity contribution < 1.29 is 13.2 Å². The first-order valence-corrected chi connectivity index (χ1v) is 8.19. The highest BCUT2D eigenvalue weighted by atomic mass is 79.9. The molecule has 20 heavy (non-hydrogen) atoms. The Bertz CT molecular complexity index is 457. The maximum absolute atomic E-state index is 12.3. The molecule has 0 aromatic heterocycles. The van der Waals surface area contributed by atoms with E-state index in [-0.39, 0.29) is 0 Å². The minimum absolute atomic E-state index is 0.437. The van der Waals surface area contributed by atoms with E-state index in [1.165, 1.54) is 4.90 Å². The zero-order valence-corrected chi connectivity index (χ0v) is 13.9. The fourth-order valence-electron chi connectivity index (χ4n) is 2.29. The van der Waals surface area contributed by atoms with Gasteiger partial charge in [-0.3, -0.25) is 4.90 Å². The van der Waals surface area contributed by atoms with E-state index in [4.69, 9.17) is 0 Å². The molecule has 1 aliphatic rings. The maximum atomic E-state index is 12.3. The third-order valence-electron chi connectivity index (χ3n) is 3.28. The van der Waals surface area contributed by atoms with E-state index in [9.17, 15) is 13.2 Å². The fraction of sp³-hybridized carbons (Fsp3) is 0.538. The molecule has 7 heteroatoms. The van der Waals surface area contributed by atoms with Crippen LogP contribution in [-0.2, 0) is 5.33 Å². The number of hydrogen-bond donors (Lipinski definition) is 0. The molecule has 1 heterocycles. The Labute approximate surface area is 133 Å². The molecule has 0 atom stereocenters. The van der Waals surface area contributed by atoms with Gasteiger partial charge in [0.15, 0.2) is 0 Å². The van der Waals surface area contributed by atoms with E-state index < -0.39 is 12.7 Å². The molecule has 0 spiro atoms. The topological polar surface area (TPSA) is 6.48 Å². The molecule has 0 radical (unpaired) electrons. The van der Waals surface area contributed by atoms with Crippen LogP contribution in [0, 0.1) is 0 Å². The van der Waals surface area contributed by atoms with E-state index in [0.717, 1.165) is 21.1 Å². The molecule has 1 fully saturated rings. The van der Waals surface area contributed by atoms with Gasteiger partial charge < -0.3 is 4.90 Å². The van der Waals surface area contributed by atoms with Crippen molar-refractivity contribution in [3.63, 3.8) is 0 Å². The second kappa shape index (κ2) is 6.66. The lowest BCUT2D eigenvalue weighted by Gasteiger charge is -2.36. The highest BCUT2D eigenvalue weighted by Crippen LogP contribution is 2.29. The van der Waals surface area contributed by atoms with Crippen LogP contribution in [0.4, 0.5) is 18.9 Å². The van der Waals surface area contributed by atoms with Gasteiger partial charge in [-0.1, -0.05) is 22.0 Å². The zero-order valence-electron chi connectivity index (χ0n) is 10.8. The van der Waals surface area contributed by atoms with Crippen LogP contribution in [0.25, 0.3) is 0 Å². The third-order valence-corrected chi connectivity index (χ3v) is 4.56. The number of benzene rings is 1. The quantitative estimate of drug-likeness (QED) is 0.687. The maximum Gasteiger partial charge on any atom is 0.401 e. The summed E-state index contributed by atoms with van der Waals surface area (Å²) in [4.78, 5) is 3.58. The molecule has 0 bridgehead atoms. The van der Waals surface area contributed by atoms with Gasteiger partial charge in [-0.05, 0) is 33.6 Å². The Morgan fingerprint density at radius 3 is 2.25 bits per heavy atom. The number of anilines is 1. The number of nitrogens with zero attached hydrogens (tertiary/aromatic N) is 2. The van der Waals surface area contributed by atoms with Crippen LogP contribution in [0.3, 0.4) is 0 Å². The molecule has 1 aliphatic heterocycles. The molecule has 2 rings (SSSR count). The van der Waals surface area contributed by atoms with E-state index >= 15 is 0 Å². The van der Waals surface area contributed by atoms with Crippen molar-refractivity contribution in [2.45, 2.75) is 11.5 Å². The minimum atomic E-state index is -4.11. The van der Waals surface area contributed by atoms with Crippen molar-refractivity contribution in [3.05, 3.63) is 28.2 Å². The van der Waals surface area contributed by atoms with Crippen LogP contribution in [0.15, 0.2) is 22.7 Å². The van der Waals surface area contributed by atoms with Crippen LogP contribution in [0.1, 0.15) is 5.56 Å². The second-order valence-electron chi connectivity index (χ2n) is 4.80. The van der Waals surface area contributed by atoms with Gasteiger partial charge in [0, 0.05) is 36.0 Å². The van der Waals surface area contributed by atoms with Crippen molar-refractivity contribution in [1.29, 1.82) is 0 Å². The Hall–Kier alpha value is -0.270. The molecule has 112 valence electrons. The summed E-state index contributed by atoms with van der Waals surface area (Å²) in [6.07, 6.45) is -4.11. The molecule has 1 aromatic carbocycles. The average molecular weight is 416 g/mol. The highest BCUT2D eigenvalue weighted by Gasteiger charge is 2.32. The van der Waals surface area contributed by atoms with Crippen LogP contribution >= 0.6 is 31.9 Å². The van der Waals surface area contributed by atoms with Crippen LogP contribution in [0.5, 0.6) is 0 Å². The van der Waals surface area contributed by atoms with E-state index in [2.05, 4.69) is 36.8 Å². The molecular formula is C13H15Br2F3N2. The molecule has 0 amide bonds. The fourth-order valence-corrected chi connectivity index (χ4v) is 3.32. The molecule has 1 saturated heterocycles. The number of hydrogen-bond acceptors (Lipinski definition) is 2. The van der Waals surface area contributed by atoms with E-state index in [1.807, 2.05) is 18.2 Å². The highest BCUT2D eigenvalue weighted by molar-refractivity contribution is 9.10. The minimum Gasteiger partial charge on any atom is -0.368 e. The molecule has 0 unspecified atom stereocenters. The first-order chi connectivity index (χ1) is 9.39. The lowest BCUT2D eigenvalue weighted by Crippen LogP contribution is -2.49. The van der Waals surface area contributed by atoms with Gasteiger partial charge in [0.1, 0.15) is 0 Å². The number of alkyl halides is 4.